The van der Waals surface area contributed by atoms with Crippen LogP contribution in [0.3, 0.4) is 0 Å². The minimum Gasteiger partial charge on any atom is -0.497 e. The van der Waals surface area contributed by atoms with Gasteiger partial charge in [0.05, 0.1) is 7.11 Å². The molecule has 0 atom stereocenters. The SMILES string of the molecule is COc1ccc2c(CSc3nnc(Cc4cccs4)n3CCc3ccccc3)cc(=O)oc2c1. The van der Waals surface area contributed by atoms with Gasteiger partial charge in [0.25, 0.3) is 0 Å². The molecule has 0 saturated heterocycles. The Morgan fingerprint density at radius 2 is 1.94 bits per heavy atom. The summed E-state index contributed by atoms with van der Waals surface area (Å²) in [6, 6.07) is 21.7. The van der Waals surface area contributed by atoms with Crippen LogP contribution in [0.15, 0.2) is 86.5 Å². The maximum Gasteiger partial charge on any atom is 0.336 e. The van der Waals surface area contributed by atoms with Gasteiger partial charge in [-0.05, 0) is 41.1 Å². The van der Waals surface area contributed by atoms with Crippen molar-refractivity contribution in [1.29, 1.82) is 0 Å². The van der Waals surface area contributed by atoms with Gasteiger partial charge in [-0.15, -0.1) is 21.5 Å². The number of benzene rings is 2. The summed E-state index contributed by atoms with van der Waals surface area (Å²) in [4.78, 5) is 13.4. The first-order chi connectivity index (χ1) is 16.7. The van der Waals surface area contributed by atoms with Crippen molar-refractivity contribution in [2.75, 3.05) is 7.11 Å². The van der Waals surface area contributed by atoms with Crippen molar-refractivity contribution in [3.8, 4) is 5.75 Å². The number of methoxy groups -OCH3 is 1. The Morgan fingerprint density at radius 1 is 1.06 bits per heavy atom. The van der Waals surface area contributed by atoms with Crippen LogP contribution in [0.2, 0.25) is 0 Å². The lowest BCUT2D eigenvalue weighted by atomic mass is 10.1. The van der Waals surface area contributed by atoms with E-state index in [1.807, 2.05) is 18.2 Å². The van der Waals surface area contributed by atoms with Gasteiger partial charge < -0.3 is 13.7 Å². The van der Waals surface area contributed by atoms with Gasteiger partial charge in [-0.25, -0.2) is 4.79 Å². The van der Waals surface area contributed by atoms with Crippen molar-refractivity contribution in [3.63, 3.8) is 0 Å². The summed E-state index contributed by atoms with van der Waals surface area (Å²) in [5.74, 6) is 2.18. The van der Waals surface area contributed by atoms with Gasteiger partial charge in [-0.3, -0.25) is 0 Å². The largest absolute Gasteiger partial charge is 0.497 e. The van der Waals surface area contributed by atoms with E-state index in [0.29, 0.717) is 17.1 Å². The van der Waals surface area contributed by atoms with Gasteiger partial charge in [-0.2, -0.15) is 0 Å². The topological polar surface area (TPSA) is 70.2 Å². The summed E-state index contributed by atoms with van der Waals surface area (Å²) in [5.41, 5.74) is 2.32. The lowest BCUT2D eigenvalue weighted by Gasteiger charge is -2.11. The molecule has 3 heterocycles. The van der Waals surface area contributed by atoms with Gasteiger partial charge in [-0.1, -0.05) is 48.2 Å². The Balaban J connectivity index is 1.42. The number of hydrogen-bond donors (Lipinski definition) is 0. The highest BCUT2D eigenvalue weighted by atomic mass is 32.2. The molecule has 5 aromatic rings. The van der Waals surface area contributed by atoms with Crippen LogP contribution in [0.25, 0.3) is 11.0 Å². The van der Waals surface area contributed by atoms with E-state index in [2.05, 4.69) is 56.5 Å². The molecule has 5 rings (SSSR count). The number of rotatable bonds is 9. The van der Waals surface area contributed by atoms with E-state index in [-0.39, 0.29) is 5.63 Å². The monoisotopic (exact) mass is 489 g/mol. The van der Waals surface area contributed by atoms with Gasteiger partial charge >= 0.3 is 5.63 Å². The number of thiophene rings is 1. The zero-order valence-electron chi connectivity index (χ0n) is 18.6. The van der Waals surface area contributed by atoms with Gasteiger partial charge in [0.1, 0.15) is 17.2 Å². The third kappa shape index (κ3) is 5.08. The highest BCUT2D eigenvalue weighted by Crippen LogP contribution is 2.29. The van der Waals surface area contributed by atoms with E-state index >= 15 is 0 Å². The molecule has 34 heavy (non-hydrogen) atoms. The Morgan fingerprint density at radius 3 is 2.74 bits per heavy atom. The quantitative estimate of drug-likeness (QED) is 0.199. The Bertz CT molecular complexity index is 1440. The first kappa shape index (κ1) is 22.4. The van der Waals surface area contributed by atoms with E-state index in [1.165, 1.54) is 10.4 Å². The van der Waals surface area contributed by atoms with E-state index in [9.17, 15) is 4.79 Å². The summed E-state index contributed by atoms with van der Waals surface area (Å²) >= 11 is 3.31. The molecule has 0 amide bonds. The molecule has 0 aliphatic carbocycles. The number of fused-ring (bicyclic) bond motifs is 1. The summed E-state index contributed by atoms with van der Waals surface area (Å²) in [7, 11) is 1.59. The molecule has 0 bridgehead atoms. The zero-order chi connectivity index (χ0) is 23.3. The molecular formula is C26H23N3O3S2. The fourth-order valence-corrected chi connectivity index (χ4v) is 5.51. The first-order valence-electron chi connectivity index (χ1n) is 10.9. The lowest BCUT2D eigenvalue weighted by Crippen LogP contribution is -2.08. The van der Waals surface area contributed by atoms with Gasteiger partial charge in [0, 0.05) is 41.1 Å². The second-order valence-corrected chi connectivity index (χ2v) is 9.76. The summed E-state index contributed by atoms with van der Waals surface area (Å²) in [6.07, 6.45) is 1.64. The standard InChI is InChI=1S/C26H23N3O3S2/c1-31-20-9-10-22-19(14-25(30)32-23(22)15-20)17-34-26-28-27-24(16-21-8-5-13-33-21)29(26)12-11-18-6-3-2-4-7-18/h2-10,13-15H,11-12,16-17H2,1H3. The number of hydrogen-bond acceptors (Lipinski definition) is 7. The van der Waals surface area contributed by atoms with E-state index in [4.69, 9.17) is 9.15 Å². The van der Waals surface area contributed by atoms with Crippen molar-refractivity contribution in [3.05, 3.63) is 104 Å². The molecule has 0 fully saturated rings. The van der Waals surface area contributed by atoms with Crippen LogP contribution < -0.4 is 10.4 Å². The van der Waals surface area contributed by atoms with Crippen LogP contribution in [0.5, 0.6) is 5.75 Å². The second kappa shape index (κ2) is 10.3. The Labute approximate surface area is 205 Å². The van der Waals surface area contributed by atoms with Gasteiger partial charge in [0.15, 0.2) is 5.16 Å². The lowest BCUT2D eigenvalue weighted by molar-refractivity contribution is 0.414. The summed E-state index contributed by atoms with van der Waals surface area (Å²) in [6.45, 7) is 0.787. The van der Waals surface area contributed by atoms with Crippen LogP contribution in [0, 0.1) is 0 Å². The third-order valence-electron chi connectivity index (χ3n) is 5.57. The van der Waals surface area contributed by atoms with E-state index in [0.717, 1.165) is 41.3 Å². The van der Waals surface area contributed by atoms with E-state index < -0.39 is 0 Å². The molecule has 0 aliphatic rings. The molecule has 2 aromatic carbocycles. The summed E-state index contributed by atoms with van der Waals surface area (Å²) in [5, 5.41) is 12.8. The Hall–Kier alpha value is -3.36. The number of thioether (sulfide) groups is 1. The van der Waals surface area contributed by atoms with Crippen molar-refractivity contribution in [2.24, 2.45) is 0 Å². The van der Waals surface area contributed by atoms with E-state index in [1.54, 1.807) is 42.3 Å². The van der Waals surface area contributed by atoms with Crippen LogP contribution in [-0.2, 0) is 25.1 Å². The molecule has 3 aromatic heterocycles. The number of ether oxygens (including phenoxy) is 1. The number of aryl methyl sites for hydroxylation is 1. The molecule has 172 valence electrons. The maximum absolute atomic E-state index is 12.2. The molecular weight excluding hydrogens is 466 g/mol. The average molecular weight is 490 g/mol. The molecule has 0 spiro atoms. The smallest absolute Gasteiger partial charge is 0.336 e. The third-order valence-corrected chi connectivity index (χ3v) is 7.46. The summed E-state index contributed by atoms with van der Waals surface area (Å²) < 4.78 is 12.9. The van der Waals surface area contributed by atoms with Crippen molar-refractivity contribution in [1.82, 2.24) is 14.8 Å². The zero-order valence-corrected chi connectivity index (χ0v) is 20.3. The number of nitrogens with zero attached hydrogens (tertiary/aromatic N) is 3. The number of aromatic nitrogens is 3. The molecule has 0 aliphatic heterocycles. The van der Waals surface area contributed by atoms with Crippen LogP contribution in [0.4, 0.5) is 0 Å². The van der Waals surface area contributed by atoms with Crippen molar-refractivity contribution >= 4 is 34.1 Å². The van der Waals surface area contributed by atoms with Gasteiger partial charge in [0.2, 0.25) is 0 Å². The fraction of sp³-hybridized carbons (Fsp3) is 0.192. The molecule has 0 saturated carbocycles. The molecule has 8 heteroatoms. The minimum absolute atomic E-state index is 0.375. The molecule has 0 N–H and O–H groups in total. The minimum atomic E-state index is -0.375. The van der Waals surface area contributed by atoms with Crippen molar-refractivity contribution in [2.45, 2.75) is 30.3 Å². The predicted octanol–water partition coefficient (Wildman–Crippen LogP) is 5.58. The average Bonchev–Trinajstić information content (AvgIpc) is 3.51. The normalized spacial score (nSPS) is 11.2. The fourth-order valence-electron chi connectivity index (χ4n) is 3.83. The predicted molar refractivity (Wildman–Crippen MR) is 136 cm³/mol. The Kier molecular flexibility index (Phi) is 6.78. The van der Waals surface area contributed by atoms with Crippen LogP contribution in [0.1, 0.15) is 21.8 Å². The molecule has 6 nitrogen and oxygen atoms in total. The van der Waals surface area contributed by atoms with Crippen LogP contribution >= 0.6 is 23.1 Å². The molecule has 0 radical (unpaired) electrons. The first-order valence-corrected chi connectivity index (χ1v) is 12.8. The highest BCUT2D eigenvalue weighted by Gasteiger charge is 2.15. The van der Waals surface area contributed by atoms with Crippen molar-refractivity contribution < 1.29 is 9.15 Å². The second-order valence-electron chi connectivity index (χ2n) is 7.78. The van der Waals surface area contributed by atoms with Crippen LogP contribution in [-0.4, -0.2) is 21.9 Å². The highest BCUT2D eigenvalue weighted by molar-refractivity contribution is 7.98. The maximum atomic E-state index is 12.2. The molecule has 0 unspecified atom stereocenters.